The summed E-state index contributed by atoms with van der Waals surface area (Å²) in [4.78, 5) is 12.9. The SMILES string of the molecule is CC1(C)CC(=O)C2=C(C1)Nc1c(C#N)cnn1[C@H]2c1ccc(O)cc1. The zero-order valence-electron chi connectivity index (χ0n) is 14.1. The highest BCUT2D eigenvalue weighted by Crippen LogP contribution is 2.46. The van der Waals surface area contributed by atoms with Crippen LogP contribution in [-0.4, -0.2) is 20.7 Å². The lowest BCUT2D eigenvalue weighted by Crippen LogP contribution is -2.36. The fraction of sp³-hybridized carbons (Fsp3) is 0.316. The van der Waals surface area contributed by atoms with E-state index in [-0.39, 0.29) is 16.9 Å². The van der Waals surface area contributed by atoms with Crippen molar-refractivity contribution >= 4 is 11.6 Å². The van der Waals surface area contributed by atoms with Crippen molar-refractivity contribution in [3.05, 3.63) is 52.9 Å². The molecule has 0 amide bonds. The van der Waals surface area contributed by atoms with Gasteiger partial charge in [0.15, 0.2) is 5.78 Å². The number of nitrogens with zero attached hydrogens (tertiary/aromatic N) is 3. The number of Topliss-reactive ketones (excluding diaryl/α,β-unsaturated/α-hetero) is 1. The number of fused-ring (bicyclic) bond motifs is 1. The summed E-state index contributed by atoms with van der Waals surface area (Å²) in [7, 11) is 0. The molecule has 2 N–H and O–H groups in total. The van der Waals surface area contributed by atoms with Crippen molar-refractivity contribution in [1.29, 1.82) is 5.26 Å². The third kappa shape index (κ3) is 2.40. The molecule has 0 bridgehead atoms. The number of phenols is 1. The van der Waals surface area contributed by atoms with Crippen LogP contribution in [0.25, 0.3) is 0 Å². The number of phenolic OH excluding ortho intramolecular Hbond substituents is 1. The normalized spacial score (nSPS) is 21.2. The van der Waals surface area contributed by atoms with Gasteiger partial charge in [-0.25, -0.2) is 4.68 Å². The first-order chi connectivity index (χ1) is 11.9. The quantitative estimate of drug-likeness (QED) is 0.836. The van der Waals surface area contributed by atoms with E-state index in [1.807, 2.05) is 0 Å². The number of aromatic nitrogens is 2. The highest BCUT2D eigenvalue weighted by Gasteiger charge is 2.41. The second kappa shape index (κ2) is 5.21. The Kier molecular flexibility index (Phi) is 3.22. The molecule has 4 rings (SSSR count). The van der Waals surface area contributed by atoms with Gasteiger partial charge in [-0.2, -0.15) is 10.4 Å². The maximum absolute atomic E-state index is 12.9. The molecule has 2 aliphatic rings. The van der Waals surface area contributed by atoms with E-state index in [1.54, 1.807) is 28.9 Å². The van der Waals surface area contributed by atoms with E-state index in [0.717, 1.165) is 17.7 Å². The van der Waals surface area contributed by atoms with Gasteiger partial charge in [-0.3, -0.25) is 4.79 Å². The van der Waals surface area contributed by atoms with Gasteiger partial charge in [0.05, 0.1) is 6.20 Å². The summed E-state index contributed by atoms with van der Waals surface area (Å²) < 4.78 is 1.69. The molecule has 0 radical (unpaired) electrons. The monoisotopic (exact) mass is 334 g/mol. The van der Waals surface area contributed by atoms with Crippen LogP contribution in [0.5, 0.6) is 5.75 Å². The van der Waals surface area contributed by atoms with Gasteiger partial charge in [-0.1, -0.05) is 26.0 Å². The van der Waals surface area contributed by atoms with Crippen LogP contribution >= 0.6 is 0 Å². The third-order valence-corrected chi connectivity index (χ3v) is 4.83. The van der Waals surface area contributed by atoms with Crippen molar-refractivity contribution in [1.82, 2.24) is 9.78 Å². The number of rotatable bonds is 1. The Morgan fingerprint density at radius 2 is 2.04 bits per heavy atom. The van der Waals surface area contributed by atoms with Crippen LogP contribution < -0.4 is 5.32 Å². The highest BCUT2D eigenvalue weighted by atomic mass is 16.3. The van der Waals surface area contributed by atoms with Crippen molar-refractivity contribution in [2.75, 3.05) is 5.32 Å². The minimum Gasteiger partial charge on any atom is -0.508 e. The molecule has 1 atom stereocenters. The molecule has 0 saturated heterocycles. The third-order valence-electron chi connectivity index (χ3n) is 4.83. The van der Waals surface area contributed by atoms with E-state index in [4.69, 9.17) is 0 Å². The second-order valence-electron chi connectivity index (χ2n) is 7.42. The van der Waals surface area contributed by atoms with Crippen molar-refractivity contribution < 1.29 is 9.90 Å². The molecule has 0 spiro atoms. The summed E-state index contributed by atoms with van der Waals surface area (Å²) in [5, 5.41) is 26.6. The summed E-state index contributed by atoms with van der Waals surface area (Å²) >= 11 is 0. The molecule has 25 heavy (non-hydrogen) atoms. The van der Waals surface area contributed by atoms with Crippen LogP contribution in [0.1, 0.15) is 43.9 Å². The first-order valence-electron chi connectivity index (χ1n) is 8.19. The van der Waals surface area contributed by atoms with Gasteiger partial charge in [-0.15, -0.1) is 0 Å². The maximum atomic E-state index is 12.9. The lowest BCUT2D eigenvalue weighted by molar-refractivity contribution is -0.118. The average Bonchev–Trinajstić information content (AvgIpc) is 2.95. The van der Waals surface area contributed by atoms with Gasteiger partial charge >= 0.3 is 0 Å². The van der Waals surface area contributed by atoms with Crippen LogP contribution in [0, 0.1) is 16.7 Å². The van der Waals surface area contributed by atoms with E-state index in [2.05, 4.69) is 30.3 Å². The molecular weight excluding hydrogens is 316 g/mol. The second-order valence-corrected chi connectivity index (χ2v) is 7.42. The Morgan fingerprint density at radius 3 is 2.72 bits per heavy atom. The van der Waals surface area contributed by atoms with Crippen molar-refractivity contribution in [3.8, 4) is 11.8 Å². The topological polar surface area (TPSA) is 90.9 Å². The van der Waals surface area contributed by atoms with E-state index >= 15 is 0 Å². The predicted octanol–water partition coefficient (Wildman–Crippen LogP) is 3.12. The Bertz CT molecular complexity index is 945. The Balaban J connectivity index is 1.93. The summed E-state index contributed by atoms with van der Waals surface area (Å²) in [6.45, 7) is 4.14. The molecule has 1 aliphatic heterocycles. The van der Waals surface area contributed by atoms with Crippen LogP contribution in [-0.2, 0) is 4.79 Å². The number of allylic oxidation sites excluding steroid dienone is 2. The minimum atomic E-state index is -0.391. The summed E-state index contributed by atoms with van der Waals surface area (Å²) in [6.07, 6.45) is 2.73. The van der Waals surface area contributed by atoms with Crippen LogP contribution in [0.15, 0.2) is 41.7 Å². The molecule has 6 nitrogen and oxygen atoms in total. The number of aromatic hydroxyl groups is 1. The zero-order valence-corrected chi connectivity index (χ0v) is 14.1. The number of anilines is 1. The lowest BCUT2D eigenvalue weighted by Gasteiger charge is -2.38. The molecule has 0 fully saturated rings. The fourth-order valence-corrected chi connectivity index (χ4v) is 3.76. The molecule has 1 aromatic carbocycles. The van der Waals surface area contributed by atoms with Gasteiger partial charge in [0.1, 0.15) is 29.2 Å². The van der Waals surface area contributed by atoms with Crippen molar-refractivity contribution in [2.24, 2.45) is 5.41 Å². The molecule has 0 saturated carbocycles. The van der Waals surface area contributed by atoms with Crippen LogP contribution in [0.3, 0.4) is 0 Å². The van der Waals surface area contributed by atoms with E-state index < -0.39 is 6.04 Å². The number of ketones is 1. The number of hydrogen-bond acceptors (Lipinski definition) is 5. The first-order valence-corrected chi connectivity index (χ1v) is 8.19. The predicted molar refractivity (Wildman–Crippen MR) is 91.9 cm³/mol. The van der Waals surface area contributed by atoms with Gasteiger partial charge < -0.3 is 10.4 Å². The number of benzene rings is 1. The molecule has 126 valence electrons. The fourth-order valence-electron chi connectivity index (χ4n) is 3.76. The largest absolute Gasteiger partial charge is 0.508 e. The molecule has 2 aromatic rings. The van der Waals surface area contributed by atoms with E-state index in [0.29, 0.717) is 23.4 Å². The van der Waals surface area contributed by atoms with Crippen molar-refractivity contribution in [3.63, 3.8) is 0 Å². The van der Waals surface area contributed by atoms with E-state index in [1.165, 1.54) is 6.20 Å². The Morgan fingerprint density at radius 1 is 1.32 bits per heavy atom. The van der Waals surface area contributed by atoms with Crippen LogP contribution in [0.4, 0.5) is 5.82 Å². The summed E-state index contributed by atoms with van der Waals surface area (Å²) in [6, 6.07) is 8.54. The molecule has 1 aromatic heterocycles. The molecule has 1 aliphatic carbocycles. The smallest absolute Gasteiger partial charge is 0.163 e. The van der Waals surface area contributed by atoms with E-state index in [9.17, 15) is 15.2 Å². The number of carbonyl (C=O) groups is 1. The molecular formula is C19H18N4O2. The van der Waals surface area contributed by atoms with Crippen molar-refractivity contribution in [2.45, 2.75) is 32.7 Å². The lowest BCUT2D eigenvalue weighted by atomic mass is 9.73. The van der Waals surface area contributed by atoms with Crippen LogP contribution in [0.2, 0.25) is 0 Å². The standard InChI is InChI=1S/C19H18N4O2/c1-19(2)7-14-16(15(25)8-19)17(11-3-5-13(24)6-4-11)23-18(22-14)12(9-20)10-21-23/h3-6,10,17,22,24H,7-8H2,1-2H3/t17-/m0/s1. The van der Waals surface area contributed by atoms with Gasteiger partial charge in [0.2, 0.25) is 0 Å². The number of nitriles is 1. The molecule has 0 unspecified atom stereocenters. The number of nitrogens with one attached hydrogen (secondary N) is 1. The summed E-state index contributed by atoms with van der Waals surface area (Å²) in [5.74, 6) is 0.878. The summed E-state index contributed by atoms with van der Waals surface area (Å²) in [5.41, 5.74) is 2.74. The van der Waals surface area contributed by atoms with Gasteiger partial charge in [0, 0.05) is 17.7 Å². The molecule has 6 heteroatoms. The molecule has 2 heterocycles. The zero-order chi connectivity index (χ0) is 17.8. The van der Waals surface area contributed by atoms with Gasteiger partial charge in [-0.05, 0) is 29.5 Å². The minimum absolute atomic E-state index is 0.0940. The number of hydrogen-bond donors (Lipinski definition) is 2. The Hall–Kier alpha value is -3.07. The first kappa shape index (κ1) is 15.5. The van der Waals surface area contributed by atoms with Gasteiger partial charge in [0.25, 0.3) is 0 Å². The maximum Gasteiger partial charge on any atom is 0.163 e. The number of carbonyl (C=O) groups excluding carboxylic acids is 1. The Labute approximate surface area is 145 Å². The average molecular weight is 334 g/mol. The highest BCUT2D eigenvalue weighted by molar-refractivity contribution is 6.00.